The Labute approximate surface area is 87.7 Å². The molecular formula is C9H16N2O4. The molecule has 0 aromatic rings. The smallest absolute Gasteiger partial charge is 0.328 e. The summed E-state index contributed by atoms with van der Waals surface area (Å²) in [6.07, 6.45) is 3.42. The number of aliphatic hydroxyl groups excluding tert-OH is 1. The first-order valence-corrected chi connectivity index (χ1v) is 5.01. The van der Waals surface area contributed by atoms with Crippen LogP contribution in [0.3, 0.4) is 0 Å². The SMILES string of the molecule is O=C(NCC1CCC1)N[C@H](CO)C(=O)O. The van der Waals surface area contributed by atoms with E-state index in [2.05, 4.69) is 10.6 Å². The number of aliphatic hydroxyl groups is 1. The second-order valence-electron chi connectivity index (χ2n) is 3.72. The largest absolute Gasteiger partial charge is 0.480 e. The maximum Gasteiger partial charge on any atom is 0.328 e. The Bertz CT molecular complexity index is 240. The van der Waals surface area contributed by atoms with Gasteiger partial charge in [0.1, 0.15) is 0 Å². The van der Waals surface area contributed by atoms with Crippen molar-refractivity contribution in [3.05, 3.63) is 0 Å². The molecule has 0 bridgehead atoms. The highest BCUT2D eigenvalue weighted by Gasteiger charge is 2.21. The van der Waals surface area contributed by atoms with Crippen LogP contribution in [0.15, 0.2) is 0 Å². The Morgan fingerprint density at radius 1 is 1.40 bits per heavy atom. The van der Waals surface area contributed by atoms with E-state index in [-0.39, 0.29) is 0 Å². The Kier molecular flexibility index (Phi) is 4.36. The number of aliphatic carboxylic acids is 1. The molecule has 86 valence electrons. The van der Waals surface area contributed by atoms with Gasteiger partial charge in [-0.25, -0.2) is 9.59 Å². The van der Waals surface area contributed by atoms with Crippen molar-refractivity contribution in [2.45, 2.75) is 25.3 Å². The zero-order valence-corrected chi connectivity index (χ0v) is 8.40. The summed E-state index contributed by atoms with van der Waals surface area (Å²) in [5, 5.41) is 22.0. The summed E-state index contributed by atoms with van der Waals surface area (Å²) in [6, 6.07) is -1.77. The standard InChI is InChI=1S/C9H16N2O4/c12-5-7(8(13)14)11-9(15)10-4-6-2-1-3-6/h6-7,12H,1-5H2,(H,13,14)(H2,10,11,15)/t7-/m1/s1. The van der Waals surface area contributed by atoms with Crippen molar-refractivity contribution < 1.29 is 19.8 Å². The number of urea groups is 1. The van der Waals surface area contributed by atoms with E-state index in [1.807, 2.05) is 0 Å². The Morgan fingerprint density at radius 3 is 2.47 bits per heavy atom. The molecule has 0 radical (unpaired) electrons. The van der Waals surface area contributed by atoms with Crippen LogP contribution >= 0.6 is 0 Å². The topological polar surface area (TPSA) is 98.7 Å². The molecule has 0 unspecified atom stereocenters. The van der Waals surface area contributed by atoms with Crippen molar-refractivity contribution in [3.63, 3.8) is 0 Å². The fraction of sp³-hybridized carbons (Fsp3) is 0.778. The summed E-state index contributed by atoms with van der Waals surface area (Å²) < 4.78 is 0. The molecular weight excluding hydrogens is 200 g/mol. The summed E-state index contributed by atoms with van der Waals surface area (Å²) in [7, 11) is 0. The number of hydrogen-bond donors (Lipinski definition) is 4. The van der Waals surface area contributed by atoms with Crippen LogP contribution < -0.4 is 10.6 Å². The van der Waals surface area contributed by atoms with E-state index in [9.17, 15) is 9.59 Å². The molecule has 0 saturated heterocycles. The van der Waals surface area contributed by atoms with E-state index in [0.717, 1.165) is 12.8 Å². The van der Waals surface area contributed by atoms with Crippen molar-refractivity contribution in [2.24, 2.45) is 5.92 Å². The quantitative estimate of drug-likeness (QED) is 0.499. The van der Waals surface area contributed by atoms with Gasteiger partial charge in [-0.2, -0.15) is 0 Å². The minimum Gasteiger partial charge on any atom is -0.480 e. The van der Waals surface area contributed by atoms with Crippen LogP contribution in [0, 0.1) is 5.92 Å². The monoisotopic (exact) mass is 216 g/mol. The molecule has 2 amide bonds. The summed E-state index contributed by atoms with van der Waals surface area (Å²) in [5.74, 6) is -0.718. The second kappa shape index (κ2) is 5.55. The van der Waals surface area contributed by atoms with Gasteiger partial charge >= 0.3 is 12.0 Å². The highest BCUT2D eigenvalue weighted by Crippen LogP contribution is 2.24. The Hall–Kier alpha value is -1.30. The molecule has 1 fully saturated rings. The Morgan fingerprint density at radius 2 is 2.07 bits per heavy atom. The summed E-state index contributed by atoms with van der Waals surface area (Å²) in [4.78, 5) is 21.6. The maximum atomic E-state index is 11.2. The predicted octanol–water partition coefficient (Wildman–Crippen LogP) is -0.469. The number of nitrogens with one attached hydrogen (secondary N) is 2. The fourth-order valence-electron chi connectivity index (χ4n) is 1.33. The summed E-state index contributed by atoms with van der Waals surface area (Å²) in [6.45, 7) is -0.0320. The van der Waals surface area contributed by atoms with Crippen LogP contribution in [0.2, 0.25) is 0 Å². The van der Waals surface area contributed by atoms with Gasteiger partial charge in [-0.3, -0.25) is 0 Å². The van der Waals surface area contributed by atoms with Gasteiger partial charge in [0.15, 0.2) is 6.04 Å². The lowest BCUT2D eigenvalue weighted by Crippen LogP contribution is -2.49. The predicted molar refractivity (Wildman–Crippen MR) is 52.4 cm³/mol. The lowest BCUT2D eigenvalue weighted by molar-refractivity contribution is -0.140. The molecule has 1 saturated carbocycles. The van der Waals surface area contributed by atoms with Crippen LogP contribution in [-0.2, 0) is 4.79 Å². The third kappa shape index (κ3) is 3.75. The van der Waals surface area contributed by atoms with Gasteiger partial charge < -0.3 is 20.8 Å². The van der Waals surface area contributed by atoms with Crippen molar-refractivity contribution >= 4 is 12.0 Å². The molecule has 1 atom stereocenters. The third-order valence-corrected chi connectivity index (χ3v) is 2.56. The molecule has 0 aromatic carbocycles. The first kappa shape index (κ1) is 11.8. The molecule has 6 heteroatoms. The lowest BCUT2D eigenvalue weighted by atomic mass is 9.85. The van der Waals surface area contributed by atoms with Gasteiger partial charge in [-0.05, 0) is 18.8 Å². The maximum absolute atomic E-state index is 11.2. The van der Waals surface area contributed by atoms with Gasteiger partial charge in [0.05, 0.1) is 6.61 Å². The average Bonchev–Trinajstić information content (AvgIpc) is 2.11. The molecule has 0 aromatic heterocycles. The van der Waals surface area contributed by atoms with Gasteiger partial charge in [-0.15, -0.1) is 0 Å². The zero-order chi connectivity index (χ0) is 11.3. The highest BCUT2D eigenvalue weighted by molar-refractivity contribution is 5.82. The van der Waals surface area contributed by atoms with Crippen molar-refractivity contribution in [1.29, 1.82) is 0 Å². The minimum atomic E-state index is -1.24. The van der Waals surface area contributed by atoms with E-state index < -0.39 is 24.6 Å². The van der Waals surface area contributed by atoms with E-state index in [0.29, 0.717) is 12.5 Å². The second-order valence-corrected chi connectivity index (χ2v) is 3.72. The lowest BCUT2D eigenvalue weighted by Gasteiger charge is -2.25. The Balaban J connectivity index is 2.18. The average molecular weight is 216 g/mol. The molecule has 0 aliphatic heterocycles. The van der Waals surface area contributed by atoms with Gasteiger partial charge in [0.2, 0.25) is 0 Å². The molecule has 0 heterocycles. The van der Waals surface area contributed by atoms with Gasteiger partial charge in [-0.1, -0.05) is 6.42 Å². The zero-order valence-electron chi connectivity index (χ0n) is 8.40. The fourth-order valence-corrected chi connectivity index (χ4v) is 1.33. The first-order chi connectivity index (χ1) is 7.13. The number of carboxylic acid groups (broad SMARTS) is 1. The summed E-state index contributed by atoms with van der Waals surface area (Å²) >= 11 is 0. The molecule has 4 N–H and O–H groups in total. The molecule has 1 aliphatic carbocycles. The third-order valence-electron chi connectivity index (χ3n) is 2.56. The number of carboxylic acids is 1. The van der Waals surface area contributed by atoms with Crippen molar-refractivity contribution in [1.82, 2.24) is 10.6 Å². The van der Waals surface area contributed by atoms with E-state index in [1.165, 1.54) is 6.42 Å². The van der Waals surface area contributed by atoms with Gasteiger partial charge in [0, 0.05) is 6.54 Å². The van der Waals surface area contributed by atoms with E-state index >= 15 is 0 Å². The number of carbonyl (C=O) groups excluding carboxylic acids is 1. The number of amides is 2. The number of carbonyl (C=O) groups is 2. The van der Waals surface area contributed by atoms with E-state index in [1.54, 1.807) is 0 Å². The number of hydrogen-bond acceptors (Lipinski definition) is 3. The first-order valence-electron chi connectivity index (χ1n) is 5.01. The number of rotatable bonds is 5. The van der Waals surface area contributed by atoms with E-state index in [4.69, 9.17) is 10.2 Å². The van der Waals surface area contributed by atoms with Crippen LogP contribution in [0.1, 0.15) is 19.3 Å². The molecule has 15 heavy (non-hydrogen) atoms. The molecule has 1 aliphatic rings. The highest BCUT2D eigenvalue weighted by atomic mass is 16.4. The normalized spacial score (nSPS) is 17.7. The van der Waals surface area contributed by atoms with Crippen LogP contribution in [0.25, 0.3) is 0 Å². The van der Waals surface area contributed by atoms with Crippen LogP contribution in [-0.4, -0.2) is 41.4 Å². The summed E-state index contributed by atoms with van der Waals surface area (Å²) in [5.41, 5.74) is 0. The molecule has 0 spiro atoms. The minimum absolute atomic E-state index is 0.521. The van der Waals surface area contributed by atoms with Crippen molar-refractivity contribution in [3.8, 4) is 0 Å². The van der Waals surface area contributed by atoms with Gasteiger partial charge in [0.25, 0.3) is 0 Å². The molecule has 6 nitrogen and oxygen atoms in total. The van der Waals surface area contributed by atoms with Crippen LogP contribution in [0.5, 0.6) is 0 Å². The van der Waals surface area contributed by atoms with Crippen molar-refractivity contribution in [2.75, 3.05) is 13.2 Å². The van der Waals surface area contributed by atoms with Crippen LogP contribution in [0.4, 0.5) is 4.79 Å². The molecule has 1 rings (SSSR count).